The van der Waals surface area contributed by atoms with E-state index in [4.69, 9.17) is 16.4 Å². The largest absolute Gasteiger partial charge is 0.359 e. The molecule has 0 spiro atoms. The molecule has 13 heavy (non-hydrogen) atoms. The van der Waals surface area contributed by atoms with Gasteiger partial charge in [0.1, 0.15) is 5.88 Å². The van der Waals surface area contributed by atoms with E-state index in [0.717, 1.165) is 5.82 Å². The van der Waals surface area contributed by atoms with Crippen molar-refractivity contribution in [2.24, 2.45) is 4.99 Å². The fraction of sp³-hybridized carbons (Fsp3) is 0.250. The van der Waals surface area contributed by atoms with Crippen molar-refractivity contribution in [2.75, 3.05) is 17.6 Å². The van der Waals surface area contributed by atoms with Crippen molar-refractivity contribution in [1.82, 2.24) is 4.98 Å². The van der Waals surface area contributed by atoms with Gasteiger partial charge in [-0.05, 0) is 12.1 Å². The quantitative estimate of drug-likeness (QED) is 0.674. The summed E-state index contributed by atoms with van der Waals surface area (Å²) in [5.41, 5.74) is 0. The minimum Gasteiger partial charge on any atom is -0.359 e. The van der Waals surface area contributed by atoms with Gasteiger partial charge in [0, 0.05) is 6.20 Å². The third-order valence-corrected chi connectivity index (χ3v) is 1.84. The summed E-state index contributed by atoms with van der Waals surface area (Å²) in [6, 6.07) is 5.60. The summed E-state index contributed by atoms with van der Waals surface area (Å²) >= 11 is 5.56. The lowest BCUT2D eigenvalue weighted by molar-refractivity contribution is 0.294. The van der Waals surface area contributed by atoms with Crippen LogP contribution in [0.5, 0.6) is 0 Å². The zero-order chi connectivity index (χ0) is 9.10. The molecular formula is C8H8ClN3O. The molecule has 0 radical (unpaired) electrons. The predicted molar refractivity (Wildman–Crippen MR) is 50.8 cm³/mol. The minimum atomic E-state index is 0.295. The molecule has 0 atom stereocenters. The summed E-state index contributed by atoms with van der Waals surface area (Å²) in [7, 11) is 0. The number of anilines is 1. The highest BCUT2D eigenvalue weighted by molar-refractivity contribution is 6.27. The van der Waals surface area contributed by atoms with E-state index in [1.807, 2.05) is 18.2 Å². The topological polar surface area (TPSA) is 37.7 Å². The number of aliphatic imine (C=N–C) groups is 1. The summed E-state index contributed by atoms with van der Waals surface area (Å²) in [5.74, 6) is 1.57. The number of halogens is 1. The Morgan fingerprint density at radius 1 is 1.54 bits per heavy atom. The van der Waals surface area contributed by atoms with Gasteiger partial charge in [-0.1, -0.05) is 6.07 Å². The van der Waals surface area contributed by atoms with Crippen molar-refractivity contribution >= 4 is 23.3 Å². The number of hydrogen-bond donors (Lipinski definition) is 0. The van der Waals surface area contributed by atoms with Crippen LogP contribution in [0.15, 0.2) is 29.4 Å². The van der Waals surface area contributed by atoms with Crippen molar-refractivity contribution < 1.29 is 4.84 Å². The second-order valence-corrected chi connectivity index (χ2v) is 2.75. The zero-order valence-electron chi connectivity index (χ0n) is 6.85. The van der Waals surface area contributed by atoms with Gasteiger partial charge in [-0.25, -0.2) is 9.98 Å². The molecule has 2 rings (SSSR count). The van der Waals surface area contributed by atoms with Crippen LogP contribution in [0.4, 0.5) is 5.82 Å². The Labute approximate surface area is 80.8 Å². The van der Waals surface area contributed by atoms with E-state index >= 15 is 0 Å². The standard InChI is InChI=1S/C8H8ClN3O/c9-5-8-11-6-12(13-8)7-3-1-2-4-10-7/h1-4H,5-6H2. The first-order chi connectivity index (χ1) is 6.40. The number of aromatic nitrogens is 1. The lowest BCUT2D eigenvalue weighted by atomic mass is 10.5. The van der Waals surface area contributed by atoms with E-state index in [-0.39, 0.29) is 0 Å². The smallest absolute Gasteiger partial charge is 0.234 e. The summed E-state index contributed by atoms with van der Waals surface area (Å²) < 4.78 is 0. The van der Waals surface area contributed by atoms with Gasteiger partial charge >= 0.3 is 0 Å². The van der Waals surface area contributed by atoms with Crippen LogP contribution in [0.25, 0.3) is 0 Å². The molecule has 0 fully saturated rings. The van der Waals surface area contributed by atoms with Crippen molar-refractivity contribution in [2.45, 2.75) is 0 Å². The molecule has 1 aliphatic rings. The maximum absolute atomic E-state index is 5.56. The maximum atomic E-state index is 5.56. The number of nitrogens with zero attached hydrogens (tertiary/aromatic N) is 3. The Morgan fingerprint density at radius 2 is 2.46 bits per heavy atom. The zero-order valence-corrected chi connectivity index (χ0v) is 7.61. The van der Waals surface area contributed by atoms with Crippen molar-refractivity contribution in [1.29, 1.82) is 0 Å². The Balaban J connectivity index is 2.07. The third kappa shape index (κ3) is 1.72. The molecule has 1 aromatic rings. The van der Waals surface area contributed by atoms with E-state index in [0.29, 0.717) is 18.4 Å². The van der Waals surface area contributed by atoms with Gasteiger partial charge < -0.3 is 4.84 Å². The number of hydrogen-bond acceptors (Lipinski definition) is 4. The molecule has 1 aliphatic heterocycles. The maximum Gasteiger partial charge on any atom is 0.234 e. The minimum absolute atomic E-state index is 0.295. The fourth-order valence-electron chi connectivity index (χ4n) is 1.02. The first-order valence-corrected chi connectivity index (χ1v) is 4.39. The fourth-order valence-corrected chi connectivity index (χ4v) is 1.15. The van der Waals surface area contributed by atoms with Crippen LogP contribution in [-0.2, 0) is 4.84 Å². The molecule has 1 aromatic heterocycles. The van der Waals surface area contributed by atoms with Crippen molar-refractivity contribution in [3.05, 3.63) is 24.4 Å². The monoisotopic (exact) mass is 197 g/mol. The summed E-state index contributed by atoms with van der Waals surface area (Å²) in [5, 5.41) is 1.59. The van der Waals surface area contributed by atoms with Gasteiger partial charge in [-0.15, -0.1) is 11.6 Å². The average molecular weight is 198 g/mol. The second-order valence-electron chi connectivity index (χ2n) is 2.48. The lowest BCUT2D eigenvalue weighted by Gasteiger charge is -2.13. The number of pyridine rings is 1. The first-order valence-electron chi connectivity index (χ1n) is 3.86. The van der Waals surface area contributed by atoms with Crippen molar-refractivity contribution in [3.63, 3.8) is 0 Å². The molecule has 68 valence electrons. The van der Waals surface area contributed by atoms with E-state index in [1.54, 1.807) is 11.3 Å². The normalized spacial score (nSPS) is 15.5. The van der Waals surface area contributed by atoms with Crippen LogP contribution in [0, 0.1) is 0 Å². The van der Waals surface area contributed by atoms with Gasteiger partial charge in [0.25, 0.3) is 0 Å². The molecule has 0 aromatic carbocycles. The first kappa shape index (κ1) is 8.31. The number of hydroxylamine groups is 1. The third-order valence-electron chi connectivity index (χ3n) is 1.61. The molecule has 0 saturated heterocycles. The molecule has 0 amide bonds. The van der Waals surface area contributed by atoms with Gasteiger partial charge in [0.05, 0.1) is 0 Å². The van der Waals surface area contributed by atoms with E-state index in [9.17, 15) is 0 Å². The van der Waals surface area contributed by atoms with Crippen LogP contribution in [-0.4, -0.2) is 23.4 Å². The van der Waals surface area contributed by atoms with Gasteiger partial charge in [-0.3, -0.25) is 0 Å². The Hall–Kier alpha value is -1.29. The summed E-state index contributed by atoms with van der Waals surface area (Å²) in [4.78, 5) is 13.5. The van der Waals surface area contributed by atoms with Crippen LogP contribution >= 0.6 is 11.6 Å². The molecule has 0 saturated carbocycles. The molecule has 5 heteroatoms. The highest BCUT2D eigenvalue weighted by Gasteiger charge is 2.17. The van der Waals surface area contributed by atoms with E-state index in [1.165, 1.54) is 0 Å². The van der Waals surface area contributed by atoms with Gasteiger partial charge in [-0.2, -0.15) is 5.06 Å². The predicted octanol–water partition coefficient (Wildman–Crippen LogP) is 1.43. The SMILES string of the molecule is ClCC1=NCN(c2ccccn2)O1. The highest BCUT2D eigenvalue weighted by Crippen LogP contribution is 2.14. The van der Waals surface area contributed by atoms with Crippen LogP contribution < -0.4 is 5.06 Å². The summed E-state index contributed by atoms with van der Waals surface area (Å²) in [6.45, 7) is 0.457. The Bertz CT molecular complexity index is 314. The van der Waals surface area contributed by atoms with Gasteiger partial charge in [0.15, 0.2) is 12.5 Å². The molecule has 0 bridgehead atoms. The number of alkyl halides is 1. The summed E-state index contributed by atoms with van der Waals surface area (Å²) in [6.07, 6.45) is 1.71. The molecule has 0 aliphatic carbocycles. The van der Waals surface area contributed by atoms with Crippen LogP contribution in [0.2, 0.25) is 0 Å². The molecule has 0 N–H and O–H groups in total. The van der Waals surface area contributed by atoms with Gasteiger partial charge in [0.2, 0.25) is 5.90 Å². The number of rotatable bonds is 2. The lowest BCUT2D eigenvalue weighted by Crippen LogP contribution is -2.21. The van der Waals surface area contributed by atoms with E-state index in [2.05, 4.69) is 9.98 Å². The Morgan fingerprint density at radius 3 is 3.08 bits per heavy atom. The van der Waals surface area contributed by atoms with Crippen LogP contribution in [0.1, 0.15) is 0 Å². The van der Waals surface area contributed by atoms with Crippen LogP contribution in [0.3, 0.4) is 0 Å². The van der Waals surface area contributed by atoms with E-state index < -0.39 is 0 Å². The molecular weight excluding hydrogens is 190 g/mol. The average Bonchev–Trinajstić information content (AvgIpc) is 2.67. The van der Waals surface area contributed by atoms with Crippen molar-refractivity contribution in [3.8, 4) is 0 Å². The highest BCUT2D eigenvalue weighted by atomic mass is 35.5. The Kier molecular flexibility index (Phi) is 2.31. The second kappa shape index (κ2) is 3.62. The molecule has 4 nitrogen and oxygen atoms in total. The molecule has 2 heterocycles. The molecule has 0 unspecified atom stereocenters.